The zero-order valence-electron chi connectivity index (χ0n) is 13.6. The van der Waals surface area contributed by atoms with Crippen LogP contribution in [0.3, 0.4) is 0 Å². The van der Waals surface area contributed by atoms with Gasteiger partial charge in [0.1, 0.15) is 6.54 Å². The number of nitrogens with one attached hydrogen (secondary N) is 2. The van der Waals surface area contributed by atoms with Crippen LogP contribution in [0.15, 0.2) is 29.2 Å². The number of benzene rings is 1. The average molecular weight is 369 g/mol. The van der Waals surface area contributed by atoms with Gasteiger partial charge in [-0.25, -0.2) is 8.42 Å². The minimum atomic E-state index is -3.96. The van der Waals surface area contributed by atoms with Gasteiger partial charge in [-0.1, -0.05) is 0 Å². The van der Waals surface area contributed by atoms with Crippen LogP contribution in [0.4, 0.5) is 5.69 Å². The van der Waals surface area contributed by atoms with E-state index in [1.54, 1.807) is 4.90 Å². The fourth-order valence-electron chi connectivity index (χ4n) is 2.40. The molecule has 1 aliphatic heterocycles. The highest BCUT2D eigenvalue weighted by atomic mass is 32.2. The first-order chi connectivity index (χ1) is 11.7. The highest BCUT2D eigenvalue weighted by molar-refractivity contribution is 7.89. The van der Waals surface area contributed by atoms with E-state index in [-0.39, 0.29) is 10.8 Å². The highest BCUT2D eigenvalue weighted by Crippen LogP contribution is 2.23. The summed E-state index contributed by atoms with van der Waals surface area (Å²) in [6.07, 6.45) is 1.24. The molecule has 1 atom stereocenters. The Morgan fingerprint density at radius 3 is 2.44 bits per heavy atom. The second-order valence-electron chi connectivity index (χ2n) is 5.60. The molecule has 0 radical (unpaired) electrons. The van der Waals surface area contributed by atoms with Crippen LogP contribution in [0.25, 0.3) is 0 Å². The van der Waals surface area contributed by atoms with Crippen LogP contribution >= 0.6 is 0 Å². The number of amides is 2. The van der Waals surface area contributed by atoms with Crippen molar-refractivity contribution in [1.82, 2.24) is 10.0 Å². The molecular formula is C15H19N3O6S. The molecule has 3 N–H and O–H groups in total. The van der Waals surface area contributed by atoms with Gasteiger partial charge < -0.3 is 15.3 Å². The number of hydrogen-bond acceptors (Lipinski definition) is 5. The monoisotopic (exact) mass is 369 g/mol. The summed E-state index contributed by atoms with van der Waals surface area (Å²) in [5, 5.41) is 10.6. The van der Waals surface area contributed by atoms with Crippen molar-refractivity contribution in [2.45, 2.75) is 30.7 Å². The van der Waals surface area contributed by atoms with Gasteiger partial charge in [0.15, 0.2) is 0 Å². The molecule has 2 rings (SSSR count). The number of anilines is 1. The van der Waals surface area contributed by atoms with Crippen molar-refractivity contribution in [1.29, 1.82) is 0 Å². The Kier molecular flexibility index (Phi) is 5.75. The van der Waals surface area contributed by atoms with Crippen LogP contribution < -0.4 is 14.9 Å². The second-order valence-corrected chi connectivity index (χ2v) is 7.31. The number of nitrogens with zero attached hydrogens (tertiary/aromatic N) is 1. The maximum Gasteiger partial charge on any atom is 0.322 e. The van der Waals surface area contributed by atoms with E-state index in [0.717, 1.165) is 6.42 Å². The maximum atomic E-state index is 12.3. The van der Waals surface area contributed by atoms with Gasteiger partial charge in [0.05, 0.1) is 10.9 Å². The summed E-state index contributed by atoms with van der Waals surface area (Å²) >= 11 is 0. The Morgan fingerprint density at radius 2 is 1.92 bits per heavy atom. The molecule has 0 bridgehead atoms. The van der Waals surface area contributed by atoms with Crippen molar-refractivity contribution in [3.8, 4) is 0 Å². The fourth-order valence-corrected chi connectivity index (χ4v) is 3.60. The van der Waals surface area contributed by atoms with Crippen molar-refractivity contribution in [2.24, 2.45) is 0 Å². The number of sulfonamides is 1. The maximum absolute atomic E-state index is 12.3. The van der Waals surface area contributed by atoms with Crippen LogP contribution in [0.2, 0.25) is 0 Å². The first-order valence-electron chi connectivity index (χ1n) is 7.63. The van der Waals surface area contributed by atoms with Crippen molar-refractivity contribution in [3.63, 3.8) is 0 Å². The number of carboxylic acids is 1. The third-order valence-corrected chi connectivity index (χ3v) is 5.23. The van der Waals surface area contributed by atoms with E-state index in [0.29, 0.717) is 18.7 Å². The van der Waals surface area contributed by atoms with Crippen molar-refractivity contribution < 1.29 is 27.9 Å². The number of aliphatic carboxylic acids is 1. The van der Waals surface area contributed by atoms with E-state index >= 15 is 0 Å². The largest absolute Gasteiger partial charge is 0.480 e. The first-order valence-corrected chi connectivity index (χ1v) is 9.11. The van der Waals surface area contributed by atoms with E-state index in [4.69, 9.17) is 5.11 Å². The summed E-state index contributed by atoms with van der Waals surface area (Å²) in [6, 6.07) is 4.64. The summed E-state index contributed by atoms with van der Waals surface area (Å²) in [6.45, 7) is 1.32. The lowest BCUT2D eigenvalue weighted by Crippen LogP contribution is -2.45. The van der Waals surface area contributed by atoms with Crippen molar-refractivity contribution in [3.05, 3.63) is 24.3 Å². The Hall–Kier alpha value is -2.46. The predicted octanol–water partition coefficient (Wildman–Crippen LogP) is -0.319. The van der Waals surface area contributed by atoms with E-state index in [9.17, 15) is 22.8 Å². The van der Waals surface area contributed by atoms with Crippen LogP contribution in [-0.2, 0) is 24.4 Å². The molecule has 1 aliphatic rings. The molecular weight excluding hydrogens is 350 g/mol. The lowest BCUT2D eigenvalue weighted by Gasteiger charge is -2.17. The summed E-state index contributed by atoms with van der Waals surface area (Å²) in [5.41, 5.74) is 0.619. The molecule has 0 aliphatic carbocycles. The molecule has 136 valence electrons. The lowest BCUT2D eigenvalue weighted by molar-refractivity contribution is -0.138. The summed E-state index contributed by atoms with van der Waals surface area (Å²) in [5.74, 6) is -1.97. The van der Waals surface area contributed by atoms with E-state index in [1.807, 2.05) is 0 Å². The number of carboxylic acid groups (broad SMARTS) is 1. The lowest BCUT2D eigenvalue weighted by atomic mass is 10.3. The molecule has 9 nitrogen and oxygen atoms in total. The average Bonchev–Trinajstić information content (AvgIpc) is 2.98. The Morgan fingerprint density at radius 1 is 1.28 bits per heavy atom. The molecule has 1 heterocycles. The smallest absolute Gasteiger partial charge is 0.322 e. The molecule has 25 heavy (non-hydrogen) atoms. The minimum Gasteiger partial charge on any atom is -0.480 e. The molecule has 0 saturated carbocycles. The van der Waals surface area contributed by atoms with Crippen molar-refractivity contribution in [2.75, 3.05) is 18.0 Å². The summed E-state index contributed by atoms with van der Waals surface area (Å²) in [4.78, 5) is 35.3. The predicted molar refractivity (Wildman–Crippen MR) is 88.5 cm³/mol. The number of rotatable bonds is 7. The molecule has 10 heteroatoms. The van der Waals surface area contributed by atoms with Gasteiger partial charge in [-0.2, -0.15) is 4.72 Å². The fraction of sp³-hybridized carbons (Fsp3) is 0.400. The van der Waals surface area contributed by atoms with E-state index in [1.165, 1.54) is 31.2 Å². The quantitative estimate of drug-likeness (QED) is 0.603. The van der Waals surface area contributed by atoms with Gasteiger partial charge in [0.25, 0.3) is 0 Å². The summed E-state index contributed by atoms with van der Waals surface area (Å²) in [7, 11) is -3.96. The van der Waals surface area contributed by atoms with E-state index in [2.05, 4.69) is 10.0 Å². The van der Waals surface area contributed by atoms with Crippen molar-refractivity contribution >= 4 is 33.5 Å². The SMILES string of the molecule is C[C@H](NS(=O)(=O)c1ccc(N2CCCC2=O)cc1)C(=O)NCC(=O)O. The molecule has 0 spiro atoms. The van der Waals surface area contributed by atoms with Gasteiger partial charge >= 0.3 is 5.97 Å². The van der Waals surface area contributed by atoms with Crippen LogP contribution in [-0.4, -0.2) is 50.4 Å². The molecule has 1 aromatic rings. The molecule has 0 unspecified atom stereocenters. The van der Waals surface area contributed by atoms with Gasteiger partial charge in [0, 0.05) is 18.7 Å². The molecule has 1 aromatic carbocycles. The number of carbonyl (C=O) groups is 3. The topological polar surface area (TPSA) is 133 Å². The summed E-state index contributed by atoms with van der Waals surface area (Å²) < 4.78 is 26.8. The standard InChI is InChI=1S/C15H19N3O6S/c1-10(15(22)16-9-14(20)21)17-25(23,24)12-6-4-11(5-7-12)18-8-2-3-13(18)19/h4-7,10,17H,2-3,8-9H2,1H3,(H,16,22)(H,20,21)/t10-/m0/s1. The minimum absolute atomic E-state index is 0.00236. The van der Waals surface area contributed by atoms with Crippen LogP contribution in [0, 0.1) is 0 Å². The van der Waals surface area contributed by atoms with E-state index < -0.39 is 34.5 Å². The third kappa shape index (κ3) is 4.77. The highest BCUT2D eigenvalue weighted by Gasteiger charge is 2.24. The Balaban J connectivity index is 2.05. The zero-order chi connectivity index (χ0) is 18.6. The van der Waals surface area contributed by atoms with Crippen LogP contribution in [0.5, 0.6) is 0 Å². The normalized spacial score (nSPS) is 15.9. The van der Waals surface area contributed by atoms with Crippen LogP contribution in [0.1, 0.15) is 19.8 Å². The zero-order valence-corrected chi connectivity index (χ0v) is 14.4. The van der Waals surface area contributed by atoms with Gasteiger partial charge in [-0.15, -0.1) is 0 Å². The molecule has 0 aromatic heterocycles. The number of hydrogen-bond donors (Lipinski definition) is 3. The molecule has 2 amide bonds. The number of carbonyl (C=O) groups excluding carboxylic acids is 2. The first kappa shape index (κ1) is 18.9. The van der Waals surface area contributed by atoms with Gasteiger partial charge in [-0.05, 0) is 37.6 Å². The Bertz CT molecular complexity index is 775. The molecule has 1 saturated heterocycles. The molecule has 1 fully saturated rings. The van der Waals surface area contributed by atoms with Gasteiger partial charge in [0.2, 0.25) is 21.8 Å². The Labute approximate surface area is 145 Å². The van der Waals surface area contributed by atoms with Gasteiger partial charge in [-0.3, -0.25) is 14.4 Å². The second kappa shape index (κ2) is 7.62. The third-order valence-electron chi connectivity index (χ3n) is 3.67.